The number of amides is 1. The largest absolute Gasteiger partial charge is 0.428 e. The summed E-state index contributed by atoms with van der Waals surface area (Å²) in [7, 11) is -1.84. The van der Waals surface area contributed by atoms with E-state index in [1.165, 1.54) is 6.92 Å². The van der Waals surface area contributed by atoms with Gasteiger partial charge in [-0.05, 0) is 26.6 Å². The Morgan fingerprint density at radius 1 is 1.26 bits per heavy atom. The Kier molecular flexibility index (Phi) is 7.42. The molecule has 1 amide bonds. The standard InChI is InChI=1S/C22H33N3O6S2Si/c1-12-17-16(13(2)31-34(4,5)6)20(27)25(17)18(21(28)30-11-29-14(3)26)19(12)33-15-9-24(10-15)22-23-7-8-32-22/h12-13,15-17H,7-11H2,1-6H3/t12-,13-,16-,17-/m1/s1. The van der Waals surface area contributed by atoms with Gasteiger partial charge in [-0.1, -0.05) is 18.7 Å². The van der Waals surface area contributed by atoms with Crippen LogP contribution in [0.1, 0.15) is 20.8 Å². The SMILES string of the molecule is CC(=O)OCOC(=O)C1=C(SC2CN(C3=NCCS3)C2)[C@H](C)[C@@H]2[C@@H]([C@@H](C)O[Si](C)(C)C)C(=O)N12. The maximum atomic E-state index is 13.3. The number of likely N-dealkylation sites (tertiary alicyclic amines) is 1. The number of nitrogens with zero attached hydrogens (tertiary/aromatic N) is 3. The van der Waals surface area contributed by atoms with Gasteiger partial charge < -0.3 is 23.7 Å². The van der Waals surface area contributed by atoms with Gasteiger partial charge in [0.25, 0.3) is 0 Å². The number of β-lactam (4-membered cyclic amide) rings is 1. The molecule has 0 aromatic rings. The van der Waals surface area contributed by atoms with Gasteiger partial charge in [0.1, 0.15) is 5.70 Å². The molecule has 34 heavy (non-hydrogen) atoms. The molecule has 4 aliphatic heterocycles. The molecule has 9 nitrogen and oxygen atoms in total. The van der Waals surface area contributed by atoms with Gasteiger partial charge in [-0.2, -0.15) is 0 Å². The fourth-order valence-electron chi connectivity index (χ4n) is 4.88. The van der Waals surface area contributed by atoms with E-state index in [0.29, 0.717) is 10.9 Å². The molecule has 0 bridgehead atoms. The number of aliphatic imine (C=N–C) groups is 1. The molecule has 0 unspecified atom stereocenters. The summed E-state index contributed by atoms with van der Waals surface area (Å²) >= 11 is 3.44. The van der Waals surface area contributed by atoms with Crippen LogP contribution in [-0.2, 0) is 28.3 Å². The van der Waals surface area contributed by atoms with Gasteiger partial charge in [0.05, 0.1) is 24.6 Å². The zero-order valence-corrected chi connectivity index (χ0v) is 23.2. The Morgan fingerprint density at radius 3 is 2.56 bits per heavy atom. The number of hydrogen-bond acceptors (Lipinski definition) is 10. The van der Waals surface area contributed by atoms with Gasteiger partial charge in [-0.25, -0.2) is 4.79 Å². The zero-order valence-electron chi connectivity index (χ0n) is 20.5. The Hall–Kier alpha value is -1.50. The second-order valence-electron chi connectivity index (χ2n) is 10.0. The molecule has 188 valence electrons. The van der Waals surface area contributed by atoms with Gasteiger partial charge in [-0.15, -0.1) is 11.8 Å². The minimum atomic E-state index is -1.84. The third kappa shape index (κ3) is 5.05. The van der Waals surface area contributed by atoms with E-state index in [-0.39, 0.29) is 29.9 Å². The van der Waals surface area contributed by atoms with Gasteiger partial charge in [0.2, 0.25) is 12.7 Å². The van der Waals surface area contributed by atoms with E-state index in [1.807, 2.05) is 6.92 Å². The summed E-state index contributed by atoms with van der Waals surface area (Å²) in [6.07, 6.45) is -0.220. The van der Waals surface area contributed by atoms with Crippen molar-refractivity contribution in [2.75, 3.05) is 32.2 Å². The third-order valence-electron chi connectivity index (χ3n) is 6.26. The normalized spacial score (nSPS) is 27.8. The molecule has 4 atom stereocenters. The van der Waals surface area contributed by atoms with Crippen LogP contribution in [0.2, 0.25) is 19.6 Å². The molecule has 0 radical (unpaired) electrons. The number of rotatable bonds is 8. The minimum Gasteiger partial charge on any atom is -0.428 e. The lowest BCUT2D eigenvalue weighted by molar-refractivity contribution is -0.170. The number of carbonyl (C=O) groups excluding carboxylic acids is 3. The fourth-order valence-corrected chi connectivity index (χ4v) is 8.54. The van der Waals surface area contributed by atoms with Crippen molar-refractivity contribution in [3.8, 4) is 0 Å². The van der Waals surface area contributed by atoms with Crippen molar-refractivity contribution in [3.63, 3.8) is 0 Å². The van der Waals surface area contributed by atoms with E-state index in [2.05, 4.69) is 36.5 Å². The lowest BCUT2D eigenvalue weighted by Gasteiger charge is -2.48. The van der Waals surface area contributed by atoms with Gasteiger partial charge >= 0.3 is 11.9 Å². The topological polar surface area (TPSA) is 97.7 Å². The summed E-state index contributed by atoms with van der Waals surface area (Å²) < 4.78 is 16.3. The Morgan fingerprint density at radius 2 is 1.97 bits per heavy atom. The van der Waals surface area contributed by atoms with Crippen LogP contribution in [-0.4, -0.2) is 90.7 Å². The number of hydrogen-bond donors (Lipinski definition) is 0. The first kappa shape index (κ1) is 25.6. The minimum absolute atomic E-state index is 0.0103. The second-order valence-corrected chi connectivity index (χ2v) is 16.9. The van der Waals surface area contributed by atoms with E-state index in [9.17, 15) is 14.4 Å². The maximum absolute atomic E-state index is 13.3. The molecule has 2 fully saturated rings. The average molecular weight is 528 g/mol. The molecule has 0 saturated carbocycles. The molecular formula is C22H33N3O6S2Si. The number of esters is 2. The number of amidine groups is 1. The van der Waals surface area contributed by atoms with E-state index < -0.39 is 27.0 Å². The van der Waals surface area contributed by atoms with Crippen molar-refractivity contribution in [1.29, 1.82) is 0 Å². The van der Waals surface area contributed by atoms with Crippen LogP contribution in [0.5, 0.6) is 0 Å². The van der Waals surface area contributed by atoms with Crippen molar-refractivity contribution in [2.45, 2.75) is 57.8 Å². The maximum Gasteiger partial charge on any atom is 0.358 e. The monoisotopic (exact) mass is 527 g/mol. The molecule has 4 rings (SSSR count). The highest BCUT2D eigenvalue weighted by Gasteiger charge is 2.61. The highest BCUT2D eigenvalue weighted by molar-refractivity contribution is 8.14. The predicted molar refractivity (Wildman–Crippen MR) is 135 cm³/mol. The Bertz CT molecular complexity index is 930. The van der Waals surface area contributed by atoms with Crippen molar-refractivity contribution >= 4 is 54.9 Å². The van der Waals surface area contributed by atoms with Crippen LogP contribution in [0, 0.1) is 11.8 Å². The summed E-state index contributed by atoms with van der Waals surface area (Å²) in [5.41, 5.74) is 0.294. The molecule has 0 spiro atoms. The molecule has 0 aromatic heterocycles. The number of carbonyl (C=O) groups is 3. The van der Waals surface area contributed by atoms with Crippen LogP contribution in [0.25, 0.3) is 0 Å². The second kappa shape index (κ2) is 9.86. The molecule has 4 aliphatic rings. The Labute approximate surface area is 210 Å². The molecule has 12 heteroatoms. The lowest BCUT2D eigenvalue weighted by atomic mass is 9.79. The van der Waals surface area contributed by atoms with Gasteiger partial charge in [-0.3, -0.25) is 14.6 Å². The highest BCUT2D eigenvalue weighted by Crippen LogP contribution is 2.52. The van der Waals surface area contributed by atoms with E-state index in [0.717, 1.165) is 35.5 Å². The average Bonchev–Trinajstić information content (AvgIpc) is 3.28. The first-order valence-corrected chi connectivity index (χ1v) is 16.9. The number of thioether (sulfide) groups is 2. The summed E-state index contributed by atoms with van der Waals surface area (Å²) in [6.45, 7) is 13.7. The smallest absolute Gasteiger partial charge is 0.358 e. The predicted octanol–water partition coefficient (Wildman–Crippen LogP) is 2.50. The highest BCUT2D eigenvalue weighted by atomic mass is 32.2. The lowest BCUT2D eigenvalue weighted by Crippen LogP contribution is -2.64. The fraction of sp³-hybridized carbons (Fsp3) is 0.727. The van der Waals surface area contributed by atoms with E-state index in [4.69, 9.17) is 13.9 Å². The summed E-state index contributed by atoms with van der Waals surface area (Å²) in [4.78, 5) is 46.7. The van der Waals surface area contributed by atoms with Crippen LogP contribution >= 0.6 is 23.5 Å². The van der Waals surface area contributed by atoms with Gasteiger partial charge in [0, 0.05) is 41.8 Å². The summed E-state index contributed by atoms with van der Waals surface area (Å²) in [5, 5.41) is 1.41. The van der Waals surface area contributed by atoms with Crippen molar-refractivity contribution in [2.24, 2.45) is 16.8 Å². The number of ether oxygens (including phenoxy) is 2. The molecule has 4 heterocycles. The van der Waals surface area contributed by atoms with Crippen LogP contribution in [0.4, 0.5) is 0 Å². The zero-order chi connectivity index (χ0) is 24.8. The molecule has 2 saturated heterocycles. The molecular weight excluding hydrogens is 494 g/mol. The Balaban J connectivity index is 1.50. The quantitative estimate of drug-likeness (QED) is 0.204. The molecule has 0 aliphatic carbocycles. The van der Waals surface area contributed by atoms with Crippen LogP contribution in [0.15, 0.2) is 15.6 Å². The molecule has 0 aromatic carbocycles. The number of fused-ring (bicyclic) bond motifs is 1. The summed E-state index contributed by atoms with van der Waals surface area (Å²) in [5.74, 6) is -0.543. The van der Waals surface area contributed by atoms with E-state index >= 15 is 0 Å². The van der Waals surface area contributed by atoms with Crippen LogP contribution < -0.4 is 0 Å². The van der Waals surface area contributed by atoms with Crippen molar-refractivity contribution in [1.82, 2.24) is 9.80 Å². The van der Waals surface area contributed by atoms with E-state index in [1.54, 1.807) is 28.4 Å². The first-order valence-electron chi connectivity index (χ1n) is 11.6. The van der Waals surface area contributed by atoms with Crippen molar-refractivity contribution in [3.05, 3.63) is 10.6 Å². The van der Waals surface area contributed by atoms with Crippen molar-refractivity contribution < 1.29 is 28.3 Å². The first-order chi connectivity index (χ1) is 16.0. The van der Waals surface area contributed by atoms with Crippen LogP contribution in [0.3, 0.4) is 0 Å². The molecule has 0 N–H and O–H groups in total. The van der Waals surface area contributed by atoms with Gasteiger partial charge in [0.15, 0.2) is 13.5 Å². The summed E-state index contributed by atoms with van der Waals surface area (Å²) in [6, 6.07) is -0.136. The third-order valence-corrected chi connectivity index (χ3v) is 9.82.